The van der Waals surface area contributed by atoms with E-state index in [4.69, 9.17) is 9.47 Å². The quantitative estimate of drug-likeness (QED) is 0.778. The average molecular weight is 279 g/mol. The van der Waals surface area contributed by atoms with Gasteiger partial charge in [0.15, 0.2) is 0 Å². The van der Waals surface area contributed by atoms with Gasteiger partial charge < -0.3 is 20.1 Å². The number of hydrogen-bond donors (Lipinski definition) is 2. The summed E-state index contributed by atoms with van der Waals surface area (Å²) in [4.78, 5) is 11.7. The van der Waals surface area contributed by atoms with Gasteiger partial charge in [0.2, 0.25) is 5.91 Å². The zero-order valence-corrected chi connectivity index (χ0v) is 11.5. The Kier molecular flexibility index (Phi) is 7.58. The number of carbonyl (C=O) groups excluding carboxylic acids is 1. The van der Waals surface area contributed by atoms with Gasteiger partial charge in [-0.3, -0.25) is 4.79 Å². The molecule has 0 aromatic heterocycles. The summed E-state index contributed by atoms with van der Waals surface area (Å²) in [5.74, 6) is 0.721. The molecule has 1 atom stereocenters. The molecule has 18 heavy (non-hydrogen) atoms. The molecule has 0 aliphatic carbocycles. The fourth-order valence-corrected chi connectivity index (χ4v) is 2.28. The molecule has 2 fully saturated rings. The fourth-order valence-electron chi connectivity index (χ4n) is 2.28. The maximum Gasteiger partial charge on any atom is 0.250 e. The van der Waals surface area contributed by atoms with Gasteiger partial charge in [-0.15, -0.1) is 12.4 Å². The van der Waals surface area contributed by atoms with E-state index >= 15 is 0 Å². The molecule has 6 heteroatoms. The lowest BCUT2D eigenvalue weighted by Crippen LogP contribution is -2.48. The van der Waals surface area contributed by atoms with E-state index in [0.717, 1.165) is 45.6 Å². The van der Waals surface area contributed by atoms with Gasteiger partial charge in [0.1, 0.15) is 6.10 Å². The van der Waals surface area contributed by atoms with Crippen LogP contribution in [0, 0.1) is 5.92 Å². The number of morpholine rings is 1. The molecule has 5 nitrogen and oxygen atoms in total. The third-order valence-corrected chi connectivity index (χ3v) is 3.41. The maximum atomic E-state index is 11.7. The van der Waals surface area contributed by atoms with Crippen LogP contribution in [0.15, 0.2) is 0 Å². The Hall–Kier alpha value is -0.360. The summed E-state index contributed by atoms with van der Waals surface area (Å²) in [5.41, 5.74) is 0. The van der Waals surface area contributed by atoms with Crippen molar-refractivity contribution in [1.29, 1.82) is 0 Å². The molecule has 2 rings (SSSR count). The van der Waals surface area contributed by atoms with Gasteiger partial charge in [-0.25, -0.2) is 0 Å². The van der Waals surface area contributed by atoms with Crippen LogP contribution < -0.4 is 10.6 Å². The van der Waals surface area contributed by atoms with Crippen LogP contribution >= 0.6 is 12.4 Å². The van der Waals surface area contributed by atoms with Crippen LogP contribution in [0.4, 0.5) is 0 Å². The standard InChI is InChI=1S/C12H22N2O3.ClH/c15-12(11-9-13-5-8-17-11)14-4-1-10-2-6-16-7-3-10;/h10-11,13H,1-9H2,(H,14,15);1H. The second-order valence-electron chi connectivity index (χ2n) is 4.70. The highest BCUT2D eigenvalue weighted by Crippen LogP contribution is 2.17. The molecule has 0 spiro atoms. The van der Waals surface area contributed by atoms with Crippen molar-refractivity contribution in [2.75, 3.05) is 39.5 Å². The Morgan fingerprint density at radius 2 is 2.06 bits per heavy atom. The lowest BCUT2D eigenvalue weighted by atomic mass is 9.97. The van der Waals surface area contributed by atoms with Crippen molar-refractivity contribution >= 4 is 18.3 Å². The fraction of sp³-hybridized carbons (Fsp3) is 0.917. The topological polar surface area (TPSA) is 59.6 Å². The van der Waals surface area contributed by atoms with E-state index in [1.165, 1.54) is 0 Å². The van der Waals surface area contributed by atoms with Crippen LogP contribution in [-0.2, 0) is 14.3 Å². The van der Waals surface area contributed by atoms with E-state index in [9.17, 15) is 4.79 Å². The molecule has 1 amide bonds. The molecular weight excluding hydrogens is 256 g/mol. The van der Waals surface area contributed by atoms with Gasteiger partial charge in [0.05, 0.1) is 6.61 Å². The minimum atomic E-state index is -0.307. The maximum absolute atomic E-state index is 11.7. The molecule has 106 valence electrons. The molecule has 0 radical (unpaired) electrons. The Balaban J connectivity index is 0.00000162. The van der Waals surface area contributed by atoms with Crippen molar-refractivity contribution in [2.24, 2.45) is 5.92 Å². The SMILES string of the molecule is Cl.O=C(NCCC1CCOCC1)C1CNCCO1. The summed E-state index contributed by atoms with van der Waals surface area (Å²) >= 11 is 0. The second-order valence-corrected chi connectivity index (χ2v) is 4.70. The Bertz CT molecular complexity index is 241. The molecule has 0 aromatic rings. The smallest absolute Gasteiger partial charge is 0.250 e. The highest BCUT2D eigenvalue weighted by atomic mass is 35.5. The molecule has 2 aliphatic heterocycles. The number of hydrogen-bond acceptors (Lipinski definition) is 4. The molecular formula is C12H23ClN2O3. The lowest BCUT2D eigenvalue weighted by molar-refractivity contribution is -0.134. The van der Waals surface area contributed by atoms with Gasteiger partial charge in [-0.1, -0.05) is 0 Å². The molecule has 2 N–H and O–H groups in total. The highest BCUT2D eigenvalue weighted by molar-refractivity contribution is 5.85. The summed E-state index contributed by atoms with van der Waals surface area (Å²) in [6.45, 7) is 4.58. The number of halogens is 1. The van der Waals surface area contributed by atoms with Gasteiger partial charge >= 0.3 is 0 Å². The summed E-state index contributed by atoms with van der Waals surface area (Å²) in [7, 11) is 0. The van der Waals surface area contributed by atoms with Crippen molar-refractivity contribution in [3.05, 3.63) is 0 Å². The van der Waals surface area contributed by atoms with E-state index in [1.54, 1.807) is 0 Å². The van der Waals surface area contributed by atoms with Gasteiger partial charge in [-0.05, 0) is 25.2 Å². The predicted molar refractivity (Wildman–Crippen MR) is 71.0 cm³/mol. The number of rotatable bonds is 4. The molecule has 0 aromatic carbocycles. The number of nitrogens with one attached hydrogen (secondary N) is 2. The molecule has 0 bridgehead atoms. The van der Waals surface area contributed by atoms with Gasteiger partial charge in [-0.2, -0.15) is 0 Å². The van der Waals surface area contributed by atoms with Crippen molar-refractivity contribution in [3.63, 3.8) is 0 Å². The van der Waals surface area contributed by atoms with Crippen molar-refractivity contribution < 1.29 is 14.3 Å². The van der Waals surface area contributed by atoms with E-state index in [2.05, 4.69) is 10.6 Å². The Morgan fingerprint density at radius 1 is 1.28 bits per heavy atom. The van der Waals surface area contributed by atoms with Crippen LogP contribution in [0.1, 0.15) is 19.3 Å². The predicted octanol–water partition coefficient (Wildman–Crippen LogP) is 0.329. The zero-order chi connectivity index (χ0) is 11.9. The first-order chi connectivity index (χ1) is 8.36. The first-order valence-electron chi connectivity index (χ1n) is 6.54. The summed E-state index contributed by atoms with van der Waals surface area (Å²) in [6, 6.07) is 0. The minimum absolute atomic E-state index is 0. The first-order valence-corrected chi connectivity index (χ1v) is 6.54. The third kappa shape index (κ3) is 5.10. The first kappa shape index (κ1) is 15.7. The molecule has 2 heterocycles. The van der Waals surface area contributed by atoms with Crippen LogP contribution in [0.3, 0.4) is 0 Å². The molecule has 1 unspecified atom stereocenters. The Labute approximate surface area is 114 Å². The average Bonchev–Trinajstić information content (AvgIpc) is 2.41. The lowest BCUT2D eigenvalue weighted by Gasteiger charge is -2.24. The molecule has 2 aliphatic rings. The zero-order valence-electron chi connectivity index (χ0n) is 10.7. The van der Waals surface area contributed by atoms with E-state index in [0.29, 0.717) is 19.1 Å². The van der Waals surface area contributed by atoms with Crippen LogP contribution in [-0.4, -0.2) is 51.5 Å². The third-order valence-electron chi connectivity index (χ3n) is 3.41. The summed E-state index contributed by atoms with van der Waals surface area (Å²) in [5, 5.41) is 6.11. The van der Waals surface area contributed by atoms with Crippen LogP contribution in [0.5, 0.6) is 0 Å². The molecule has 2 saturated heterocycles. The minimum Gasteiger partial charge on any atom is -0.381 e. The summed E-state index contributed by atoms with van der Waals surface area (Å²) < 4.78 is 10.7. The van der Waals surface area contributed by atoms with Crippen molar-refractivity contribution in [3.8, 4) is 0 Å². The normalized spacial score (nSPS) is 25.2. The van der Waals surface area contributed by atoms with Crippen molar-refractivity contribution in [1.82, 2.24) is 10.6 Å². The monoisotopic (exact) mass is 278 g/mol. The largest absolute Gasteiger partial charge is 0.381 e. The van der Waals surface area contributed by atoms with Crippen LogP contribution in [0.25, 0.3) is 0 Å². The van der Waals surface area contributed by atoms with E-state index < -0.39 is 0 Å². The molecule has 0 saturated carbocycles. The Morgan fingerprint density at radius 3 is 2.72 bits per heavy atom. The van der Waals surface area contributed by atoms with E-state index in [-0.39, 0.29) is 24.4 Å². The summed E-state index contributed by atoms with van der Waals surface area (Å²) in [6.07, 6.45) is 2.99. The second kappa shape index (κ2) is 8.69. The van der Waals surface area contributed by atoms with Crippen molar-refractivity contribution in [2.45, 2.75) is 25.4 Å². The van der Waals surface area contributed by atoms with Gasteiger partial charge in [0.25, 0.3) is 0 Å². The highest BCUT2D eigenvalue weighted by Gasteiger charge is 2.21. The number of carbonyl (C=O) groups is 1. The van der Waals surface area contributed by atoms with E-state index in [1.807, 2.05) is 0 Å². The number of ether oxygens (including phenoxy) is 2. The van der Waals surface area contributed by atoms with Crippen LogP contribution in [0.2, 0.25) is 0 Å². The van der Waals surface area contributed by atoms with Gasteiger partial charge in [0, 0.05) is 32.8 Å². The number of amides is 1.